The van der Waals surface area contributed by atoms with Gasteiger partial charge in [-0.15, -0.1) is 0 Å². The number of carboxylic acid groups (broad SMARTS) is 1. The van der Waals surface area contributed by atoms with E-state index in [1.165, 1.54) is 11.1 Å². The Morgan fingerprint density at radius 2 is 2.00 bits per heavy atom. The summed E-state index contributed by atoms with van der Waals surface area (Å²) in [6.07, 6.45) is 8.48. The summed E-state index contributed by atoms with van der Waals surface area (Å²) in [5.74, 6) is -0.703. The highest BCUT2D eigenvalue weighted by Gasteiger charge is 2.06. The zero-order valence-corrected chi connectivity index (χ0v) is 8.05. The van der Waals surface area contributed by atoms with Crippen molar-refractivity contribution in [2.24, 2.45) is 0 Å². The lowest BCUT2D eigenvalue weighted by molar-refractivity contribution is -0.136. The summed E-state index contributed by atoms with van der Waals surface area (Å²) in [5, 5.41) is 8.50. The normalized spacial score (nSPS) is 16.4. The van der Waals surface area contributed by atoms with Crippen LogP contribution in [0.2, 0.25) is 0 Å². The van der Waals surface area contributed by atoms with Crippen LogP contribution in [0.5, 0.6) is 0 Å². The molecule has 0 aromatic heterocycles. The minimum Gasteiger partial charge on any atom is -0.481 e. The lowest BCUT2D eigenvalue weighted by Gasteiger charge is -2.12. The van der Waals surface area contributed by atoms with Gasteiger partial charge >= 0.3 is 5.97 Å². The third kappa shape index (κ3) is 3.45. The second-order valence-corrected chi connectivity index (χ2v) is 3.40. The van der Waals surface area contributed by atoms with Gasteiger partial charge in [-0.2, -0.15) is 0 Å². The largest absolute Gasteiger partial charge is 0.481 e. The van der Waals surface area contributed by atoms with Crippen molar-refractivity contribution in [1.29, 1.82) is 0 Å². The maximum Gasteiger partial charge on any atom is 0.303 e. The molecule has 0 radical (unpaired) electrons. The molecule has 0 heterocycles. The molecule has 1 aliphatic rings. The minimum atomic E-state index is -0.703. The maximum absolute atomic E-state index is 10.3. The van der Waals surface area contributed by atoms with E-state index in [9.17, 15) is 4.79 Å². The zero-order chi connectivity index (χ0) is 9.68. The van der Waals surface area contributed by atoms with Crippen molar-refractivity contribution in [3.8, 4) is 0 Å². The second-order valence-electron chi connectivity index (χ2n) is 3.40. The van der Waals surface area contributed by atoms with Crippen LogP contribution in [0.1, 0.15) is 39.0 Å². The van der Waals surface area contributed by atoms with Crippen molar-refractivity contribution >= 4 is 5.97 Å². The Morgan fingerprint density at radius 1 is 1.38 bits per heavy atom. The predicted molar refractivity (Wildman–Crippen MR) is 52.6 cm³/mol. The van der Waals surface area contributed by atoms with Crippen LogP contribution in [0.3, 0.4) is 0 Å². The van der Waals surface area contributed by atoms with E-state index in [2.05, 4.69) is 19.1 Å². The first kappa shape index (κ1) is 10.0. The molecule has 0 aromatic carbocycles. The van der Waals surface area contributed by atoms with Gasteiger partial charge in [0.25, 0.3) is 0 Å². The highest BCUT2D eigenvalue weighted by atomic mass is 16.4. The number of hydrogen-bond donors (Lipinski definition) is 1. The van der Waals surface area contributed by atoms with Crippen LogP contribution in [0, 0.1) is 0 Å². The SMILES string of the molecule is CCC1=CC=C(CCC(=O)O)CC1. The van der Waals surface area contributed by atoms with E-state index < -0.39 is 5.97 Å². The standard InChI is InChI=1S/C11H16O2/c1-2-9-3-5-10(6-4-9)7-8-11(12)13/h3,5H,2,4,6-8H2,1H3,(H,12,13). The van der Waals surface area contributed by atoms with E-state index >= 15 is 0 Å². The molecule has 13 heavy (non-hydrogen) atoms. The third-order valence-electron chi connectivity index (χ3n) is 2.44. The number of hydrogen-bond acceptors (Lipinski definition) is 1. The second kappa shape index (κ2) is 4.85. The molecule has 0 bridgehead atoms. The third-order valence-corrected chi connectivity index (χ3v) is 2.44. The molecule has 2 heteroatoms. The number of carboxylic acids is 1. The van der Waals surface area contributed by atoms with Crippen LogP contribution in [-0.2, 0) is 4.79 Å². The number of carbonyl (C=O) groups is 1. The number of rotatable bonds is 4. The van der Waals surface area contributed by atoms with Crippen LogP contribution in [0.15, 0.2) is 23.3 Å². The van der Waals surface area contributed by atoms with Gasteiger partial charge < -0.3 is 5.11 Å². The van der Waals surface area contributed by atoms with Gasteiger partial charge in [-0.25, -0.2) is 0 Å². The highest BCUT2D eigenvalue weighted by Crippen LogP contribution is 2.23. The van der Waals surface area contributed by atoms with Crippen molar-refractivity contribution in [1.82, 2.24) is 0 Å². The zero-order valence-electron chi connectivity index (χ0n) is 8.05. The van der Waals surface area contributed by atoms with Crippen LogP contribution < -0.4 is 0 Å². The first-order valence-electron chi connectivity index (χ1n) is 4.81. The fourth-order valence-corrected chi connectivity index (χ4v) is 1.49. The van der Waals surface area contributed by atoms with Crippen LogP contribution in [0.25, 0.3) is 0 Å². The van der Waals surface area contributed by atoms with Gasteiger partial charge in [0.15, 0.2) is 0 Å². The minimum absolute atomic E-state index is 0.265. The molecule has 1 aliphatic carbocycles. The summed E-state index contributed by atoms with van der Waals surface area (Å²) in [5.41, 5.74) is 2.75. The van der Waals surface area contributed by atoms with E-state index in [1.807, 2.05) is 0 Å². The van der Waals surface area contributed by atoms with Crippen molar-refractivity contribution < 1.29 is 9.90 Å². The highest BCUT2D eigenvalue weighted by molar-refractivity contribution is 5.67. The quantitative estimate of drug-likeness (QED) is 0.722. The van der Waals surface area contributed by atoms with Gasteiger partial charge in [0.1, 0.15) is 0 Å². The fraction of sp³-hybridized carbons (Fsp3) is 0.545. The molecule has 0 fully saturated rings. The molecular weight excluding hydrogens is 164 g/mol. The molecular formula is C11H16O2. The lowest BCUT2D eigenvalue weighted by Crippen LogP contribution is -1.98. The number of allylic oxidation sites excluding steroid dienone is 4. The Labute approximate surface area is 79.0 Å². The molecule has 1 N–H and O–H groups in total. The van der Waals surface area contributed by atoms with Crippen LogP contribution >= 0.6 is 0 Å². The lowest BCUT2D eigenvalue weighted by atomic mass is 9.94. The molecule has 0 saturated heterocycles. The molecule has 1 rings (SSSR count). The average Bonchev–Trinajstić information content (AvgIpc) is 2.15. The monoisotopic (exact) mass is 180 g/mol. The van der Waals surface area contributed by atoms with Gasteiger partial charge in [0, 0.05) is 6.42 Å². The number of aliphatic carboxylic acids is 1. The van der Waals surface area contributed by atoms with Crippen molar-refractivity contribution in [3.63, 3.8) is 0 Å². The Bertz CT molecular complexity index is 249. The topological polar surface area (TPSA) is 37.3 Å². The summed E-state index contributed by atoms with van der Waals surface area (Å²) in [6, 6.07) is 0. The van der Waals surface area contributed by atoms with E-state index in [4.69, 9.17) is 5.11 Å². The summed E-state index contributed by atoms with van der Waals surface area (Å²) < 4.78 is 0. The van der Waals surface area contributed by atoms with E-state index in [0.717, 1.165) is 19.3 Å². The molecule has 0 aromatic rings. The molecule has 0 atom stereocenters. The van der Waals surface area contributed by atoms with Gasteiger partial charge in [0.05, 0.1) is 0 Å². The fourth-order valence-electron chi connectivity index (χ4n) is 1.49. The molecule has 72 valence electrons. The summed E-state index contributed by atoms with van der Waals surface area (Å²) in [6.45, 7) is 2.15. The Balaban J connectivity index is 2.41. The van der Waals surface area contributed by atoms with Gasteiger partial charge in [-0.1, -0.05) is 30.2 Å². The van der Waals surface area contributed by atoms with Gasteiger partial charge in [-0.3, -0.25) is 4.79 Å². The first-order valence-corrected chi connectivity index (χ1v) is 4.81. The molecule has 0 amide bonds. The smallest absolute Gasteiger partial charge is 0.303 e. The average molecular weight is 180 g/mol. The van der Waals surface area contributed by atoms with E-state index in [-0.39, 0.29) is 6.42 Å². The summed E-state index contributed by atoms with van der Waals surface area (Å²) >= 11 is 0. The van der Waals surface area contributed by atoms with Crippen molar-refractivity contribution in [2.45, 2.75) is 39.0 Å². The van der Waals surface area contributed by atoms with E-state index in [0.29, 0.717) is 6.42 Å². The predicted octanol–water partition coefficient (Wildman–Crippen LogP) is 2.91. The molecule has 0 unspecified atom stereocenters. The Kier molecular flexibility index (Phi) is 3.74. The first-order chi connectivity index (χ1) is 6.22. The maximum atomic E-state index is 10.3. The Morgan fingerprint density at radius 3 is 2.46 bits per heavy atom. The van der Waals surface area contributed by atoms with Crippen molar-refractivity contribution in [3.05, 3.63) is 23.3 Å². The molecule has 0 saturated carbocycles. The summed E-state index contributed by atoms with van der Waals surface area (Å²) in [7, 11) is 0. The van der Waals surface area contributed by atoms with Crippen LogP contribution in [-0.4, -0.2) is 11.1 Å². The Hall–Kier alpha value is -1.05. The molecule has 0 aliphatic heterocycles. The van der Waals surface area contributed by atoms with Crippen molar-refractivity contribution in [2.75, 3.05) is 0 Å². The van der Waals surface area contributed by atoms with Gasteiger partial charge in [0.2, 0.25) is 0 Å². The van der Waals surface area contributed by atoms with Crippen LogP contribution in [0.4, 0.5) is 0 Å². The molecule has 2 nitrogen and oxygen atoms in total. The summed E-state index contributed by atoms with van der Waals surface area (Å²) in [4.78, 5) is 10.3. The van der Waals surface area contributed by atoms with E-state index in [1.54, 1.807) is 0 Å². The van der Waals surface area contributed by atoms with Gasteiger partial charge in [-0.05, 0) is 25.7 Å². The molecule has 0 spiro atoms.